The summed E-state index contributed by atoms with van der Waals surface area (Å²) in [5.41, 5.74) is 3.76. The molecule has 0 radical (unpaired) electrons. The van der Waals surface area contributed by atoms with Gasteiger partial charge >= 0.3 is 0 Å². The molecule has 25 heavy (non-hydrogen) atoms. The molecule has 0 atom stereocenters. The van der Waals surface area contributed by atoms with Crippen molar-refractivity contribution < 1.29 is 4.79 Å². The fourth-order valence-corrected chi connectivity index (χ4v) is 2.66. The van der Waals surface area contributed by atoms with Gasteiger partial charge in [0.2, 0.25) is 0 Å². The van der Waals surface area contributed by atoms with Crippen LogP contribution >= 0.6 is 0 Å². The number of aromatic nitrogens is 4. The standard InChI is InChI=1S/C18H19N5O2/c1-11-7-12(2)9-14(8-11)23-16(10-13(3)20-23)19-18(25)15-5-6-17(24)22(4)21-15/h5-10H,1-4H3,(H,19,25). The second-order valence-corrected chi connectivity index (χ2v) is 6.06. The van der Waals surface area contributed by atoms with E-state index in [0.717, 1.165) is 27.2 Å². The lowest BCUT2D eigenvalue weighted by Gasteiger charge is -2.10. The van der Waals surface area contributed by atoms with Crippen molar-refractivity contribution in [2.75, 3.05) is 5.32 Å². The number of benzene rings is 1. The molecule has 2 aromatic heterocycles. The highest BCUT2D eigenvalue weighted by Crippen LogP contribution is 2.20. The van der Waals surface area contributed by atoms with E-state index >= 15 is 0 Å². The van der Waals surface area contributed by atoms with Crippen molar-refractivity contribution in [1.29, 1.82) is 0 Å². The molecule has 1 amide bonds. The Morgan fingerprint density at radius 3 is 2.32 bits per heavy atom. The van der Waals surface area contributed by atoms with E-state index in [1.807, 2.05) is 32.9 Å². The van der Waals surface area contributed by atoms with E-state index in [0.29, 0.717) is 5.82 Å². The van der Waals surface area contributed by atoms with Crippen LogP contribution in [0.15, 0.2) is 41.2 Å². The molecule has 0 aliphatic heterocycles. The van der Waals surface area contributed by atoms with Gasteiger partial charge in [0.15, 0.2) is 0 Å². The summed E-state index contributed by atoms with van der Waals surface area (Å²) >= 11 is 0. The topological polar surface area (TPSA) is 81.8 Å². The summed E-state index contributed by atoms with van der Waals surface area (Å²) < 4.78 is 2.82. The molecule has 0 unspecified atom stereocenters. The number of carbonyl (C=O) groups excluding carboxylic acids is 1. The highest BCUT2D eigenvalue weighted by atomic mass is 16.2. The van der Waals surface area contributed by atoms with Crippen molar-refractivity contribution in [3.63, 3.8) is 0 Å². The van der Waals surface area contributed by atoms with Crippen LogP contribution in [0.2, 0.25) is 0 Å². The van der Waals surface area contributed by atoms with Gasteiger partial charge in [-0.25, -0.2) is 9.36 Å². The Morgan fingerprint density at radius 1 is 1.00 bits per heavy atom. The van der Waals surface area contributed by atoms with Crippen molar-refractivity contribution in [1.82, 2.24) is 19.6 Å². The molecule has 0 saturated heterocycles. The van der Waals surface area contributed by atoms with Gasteiger partial charge in [0.1, 0.15) is 11.5 Å². The molecule has 0 bridgehead atoms. The van der Waals surface area contributed by atoms with Gasteiger partial charge in [-0.05, 0) is 50.1 Å². The molecule has 1 aromatic carbocycles. The molecule has 2 heterocycles. The molecular weight excluding hydrogens is 318 g/mol. The highest BCUT2D eigenvalue weighted by Gasteiger charge is 2.14. The van der Waals surface area contributed by atoms with Gasteiger partial charge in [0.05, 0.1) is 11.4 Å². The first-order valence-electron chi connectivity index (χ1n) is 7.84. The van der Waals surface area contributed by atoms with Gasteiger partial charge in [-0.2, -0.15) is 10.2 Å². The lowest BCUT2D eigenvalue weighted by atomic mass is 10.1. The maximum absolute atomic E-state index is 12.5. The molecule has 3 aromatic rings. The van der Waals surface area contributed by atoms with Gasteiger partial charge in [0, 0.05) is 19.2 Å². The van der Waals surface area contributed by atoms with E-state index in [-0.39, 0.29) is 11.3 Å². The summed E-state index contributed by atoms with van der Waals surface area (Å²) in [6.07, 6.45) is 0. The van der Waals surface area contributed by atoms with Crippen LogP contribution in [-0.2, 0) is 7.05 Å². The van der Waals surface area contributed by atoms with E-state index in [9.17, 15) is 9.59 Å². The molecule has 0 aliphatic rings. The number of nitrogens with zero attached hydrogens (tertiary/aromatic N) is 4. The van der Waals surface area contributed by atoms with Gasteiger partial charge in [-0.1, -0.05) is 6.07 Å². The zero-order chi connectivity index (χ0) is 18.1. The number of amides is 1. The minimum absolute atomic E-state index is 0.160. The van der Waals surface area contributed by atoms with E-state index in [4.69, 9.17) is 0 Å². The van der Waals surface area contributed by atoms with E-state index in [1.54, 1.807) is 10.7 Å². The van der Waals surface area contributed by atoms with Gasteiger partial charge in [-0.15, -0.1) is 0 Å². The van der Waals surface area contributed by atoms with Crippen LogP contribution in [0.5, 0.6) is 0 Å². The Hall–Kier alpha value is -3.22. The van der Waals surface area contributed by atoms with Crippen LogP contribution in [0.25, 0.3) is 5.69 Å². The molecular formula is C18H19N5O2. The third-order valence-electron chi connectivity index (χ3n) is 3.72. The third-order valence-corrected chi connectivity index (χ3v) is 3.72. The average Bonchev–Trinajstić information content (AvgIpc) is 2.89. The maximum Gasteiger partial charge on any atom is 0.277 e. The molecule has 7 heteroatoms. The van der Waals surface area contributed by atoms with E-state index in [2.05, 4.69) is 21.6 Å². The third kappa shape index (κ3) is 3.50. The number of hydrogen-bond donors (Lipinski definition) is 1. The summed E-state index contributed by atoms with van der Waals surface area (Å²) in [6.45, 7) is 5.89. The van der Waals surface area contributed by atoms with Gasteiger partial charge in [0.25, 0.3) is 11.5 Å². The van der Waals surface area contributed by atoms with Crippen molar-refractivity contribution in [3.05, 3.63) is 69.3 Å². The predicted molar refractivity (Wildman–Crippen MR) is 95.2 cm³/mol. The number of aryl methyl sites for hydroxylation is 4. The second-order valence-electron chi connectivity index (χ2n) is 6.06. The summed E-state index contributed by atoms with van der Waals surface area (Å²) in [4.78, 5) is 23.9. The molecule has 3 rings (SSSR count). The zero-order valence-corrected chi connectivity index (χ0v) is 14.6. The van der Waals surface area contributed by atoms with Crippen LogP contribution in [-0.4, -0.2) is 25.5 Å². The predicted octanol–water partition coefficient (Wildman–Crippen LogP) is 2.14. The summed E-state index contributed by atoms with van der Waals surface area (Å²) in [5, 5.41) is 11.3. The fourth-order valence-electron chi connectivity index (χ4n) is 2.66. The fraction of sp³-hybridized carbons (Fsp3) is 0.222. The van der Waals surface area contributed by atoms with Gasteiger partial charge < -0.3 is 5.32 Å². The van der Waals surface area contributed by atoms with Crippen LogP contribution < -0.4 is 10.9 Å². The lowest BCUT2D eigenvalue weighted by Crippen LogP contribution is -2.24. The second kappa shape index (κ2) is 6.35. The zero-order valence-electron chi connectivity index (χ0n) is 14.6. The molecule has 0 saturated carbocycles. The maximum atomic E-state index is 12.5. The largest absolute Gasteiger partial charge is 0.305 e. The molecule has 0 aliphatic carbocycles. The Balaban J connectivity index is 1.97. The summed E-state index contributed by atoms with van der Waals surface area (Å²) in [5.74, 6) is 0.143. The van der Waals surface area contributed by atoms with Crippen LogP contribution in [0.1, 0.15) is 27.3 Å². The smallest absolute Gasteiger partial charge is 0.277 e. The van der Waals surface area contributed by atoms with E-state index in [1.165, 1.54) is 19.2 Å². The summed E-state index contributed by atoms with van der Waals surface area (Å²) in [7, 11) is 1.50. The Kier molecular flexibility index (Phi) is 4.22. The quantitative estimate of drug-likeness (QED) is 0.794. The van der Waals surface area contributed by atoms with Crippen molar-refractivity contribution in [2.45, 2.75) is 20.8 Å². The minimum atomic E-state index is -0.402. The Morgan fingerprint density at radius 2 is 1.68 bits per heavy atom. The first-order chi connectivity index (χ1) is 11.8. The number of carbonyl (C=O) groups is 1. The van der Waals surface area contributed by atoms with Crippen molar-refractivity contribution >= 4 is 11.7 Å². The number of nitrogens with one attached hydrogen (secondary N) is 1. The first-order valence-corrected chi connectivity index (χ1v) is 7.84. The lowest BCUT2D eigenvalue weighted by molar-refractivity contribution is 0.101. The normalized spacial score (nSPS) is 10.7. The first kappa shape index (κ1) is 16.6. The average molecular weight is 337 g/mol. The Labute approximate surface area is 144 Å². The van der Waals surface area contributed by atoms with Crippen LogP contribution in [0, 0.1) is 20.8 Å². The monoisotopic (exact) mass is 337 g/mol. The number of anilines is 1. The summed E-state index contributed by atoms with van der Waals surface area (Å²) in [6, 6.07) is 10.6. The SMILES string of the molecule is Cc1cc(C)cc(-n2nc(C)cc2NC(=O)c2ccc(=O)n(C)n2)c1. The number of hydrogen-bond acceptors (Lipinski definition) is 4. The van der Waals surface area contributed by atoms with Crippen LogP contribution in [0.3, 0.4) is 0 Å². The molecule has 128 valence electrons. The Bertz CT molecular complexity index is 996. The number of rotatable bonds is 3. The minimum Gasteiger partial charge on any atom is -0.305 e. The van der Waals surface area contributed by atoms with Crippen molar-refractivity contribution in [2.24, 2.45) is 7.05 Å². The van der Waals surface area contributed by atoms with Gasteiger partial charge in [-0.3, -0.25) is 9.59 Å². The molecule has 0 spiro atoms. The molecule has 7 nitrogen and oxygen atoms in total. The molecule has 1 N–H and O–H groups in total. The highest BCUT2D eigenvalue weighted by molar-refractivity contribution is 6.02. The molecule has 0 fully saturated rings. The van der Waals surface area contributed by atoms with Crippen LogP contribution in [0.4, 0.5) is 5.82 Å². The van der Waals surface area contributed by atoms with E-state index < -0.39 is 5.91 Å². The van der Waals surface area contributed by atoms with Crippen molar-refractivity contribution in [3.8, 4) is 5.69 Å².